The molecule has 2 aromatic carbocycles. The molecule has 3 rings (SSSR count). The van der Waals surface area contributed by atoms with Gasteiger partial charge in [0.2, 0.25) is 0 Å². The molecule has 0 saturated carbocycles. The summed E-state index contributed by atoms with van der Waals surface area (Å²) in [6.07, 6.45) is 0.602. The summed E-state index contributed by atoms with van der Waals surface area (Å²) in [6, 6.07) is 13.0. The van der Waals surface area contributed by atoms with Crippen molar-refractivity contribution in [2.75, 3.05) is 0 Å². The van der Waals surface area contributed by atoms with Gasteiger partial charge in [0, 0.05) is 4.70 Å². The van der Waals surface area contributed by atoms with Gasteiger partial charge in [-0.15, -0.1) is 11.3 Å². The maximum Gasteiger partial charge on any atom is 0.142 e. The number of benzene rings is 2. The number of hydrogen-bond acceptors (Lipinski definition) is 3. The Balaban J connectivity index is 1.93. The summed E-state index contributed by atoms with van der Waals surface area (Å²) in [5, 5.41) is 3.42. The van der Waals surface area contributed by atoms with Crippen LogP contribution >= 0.6 is 22.9 Å². The highest BCUT2D eigenvalue weighted by molar-refractivity contribution is 7.17. The number of rotatable bonds is 4. The summed E-state index contributed by atoms with van der Waals surface area (Å²) >= 11 is 7.40. The van der Waals surface area contributed by atoms with Crippen LogP contribution < -0.4 is 11.3 Å². The maximum atomic E-state index is 13.5. The minimum atomic E-state index is -0.403. The van der Waals surface area contributed by atoms with Crippen LogP contribution in [0.5, 0.6) is 0 Å². The summed E-state index contributed by atoms with van der Waals surface area (Å²) in [5.41, 5.74) is 4.82. The number of halogens is 2. The molecule has 0 aliphatic heterocycles. The van der Waals surface area contributed by atoms with E-state index in [9.17, 15) is 4.39 Å². The van der Waals surface area contributed by atoms with E-state index in [2.05, 4.69) is 22.9 Å². The summed E-state index contributed by atoms with van der Waals surface area (Å²) in [6.45, 7) is 0. The lowest BCUT2D eigenvalue weighted by atomic mass is 9.99. The molecule has 1 unspecified atom stereocenters. The normalized spacial score (nSPS) is 12.7. The van der Waals surface area contributed by atoms with E-state index in [0.717, 1.165) is 11.1 Å². The Morgan fingerprint density at radius 2 is 2.05 bits per heavy atom. The molecule has 2 nitrogen and oxygen atoms in total. The molecule has 0 fully saturated rings. The van der Waals surface area contributed by atoms with Crippen LogP contribution in [0, 0.1) is 5.82 Å². The zero-order chi connectivity index (χ0) is 14.8. The summed E-state index contributed by atoms with van der Waals surface area (Å²) in [5.74, 6) is 5.30. The molecule has 0 spiro atoms. The fourth-order valence-electron chi connectivity index (χ4n) is 2.43. The second kappa shape index (κ2) is 6.12. The molecule has 5 heteroatoms. The van der Waals surface area contributed by atoms with Gasteiger partial charge in [-0.05, 0) is 46.5 Å². The van der Waals surface area contributed by atoms with Crippen LogP contribution in [0.15, 0.2) is 47.8 Å². The summed E-state index contributed by atoms with van der Waals surface area (Å²) in [4.78, 5) is 0. The topological polar surface area (TPSA) is 38.0 Å². The molecule has 3 aromatic rings. The van der Waals surface area contributed by atoms with Crippen LogP contribution in [0.2, 0.25) is 5.02 Å². The number of fused-ring (bicyclic) bond motifs is 1. The zero-order valence-electron chi connectivity index (χ0n) is 11.1. The summed E-state index contributed by atoms with van der Waals surface area (Å²) < 4.78 is 14.8. The Morgan fingerprint density at radius 1 is 1.24 bits per heavy atom. The molecule has 0 aliphatic rings. The van der Waals surface area contributed by atoms with E-state index in [1.54, 1.807) is 17.4 Å². The number of hydrazine groups is 1. The fourth-order valence-corrected chi connectivity index (χ4v) is 3.56. The van der Waals surface area contributed by atoms with E-state index in [1.165, 1.54) is 16.2 Å². The Bertz CT molecular complexity index is 772. The van der Waals surface area contributed by atoms with Crippen molar-refractivity contribution in [1.82, 2.24) is 5.43 Å². The van der Waals surface area contributed by atoms with Crippen LogP contribution in [-0.2, 0) is 6.42 Å². The Kier molecular flexibility index (Phi) is 4.22. The van der Waals surface area contributed by atoms with E-state index in [0.29, 0.717) is 6.42 Å². The van der Waals surface area contributed by atoms with Gasteiger partial charge in [-0.25, -0.2) is 4.39 Å². The first-order valence-electron chi connectivity index (χ1n) is 6.55. The van der Waals surface area contributed by atoms with Gasteiger partial charge in [-0.2, -0.15) is 0 Å². The maximum absolute atomic E-state index is 13.5. The molecule has 1 atom stereocenters. The smallest absolute Gasteiger partial charge is 0.142 e. The van der Waals surface area contributed by atoms with Gasteiger partial charge in [-0.3, -0.25) is 11.3 Å². The number of hydrogen-bond donors (Lipinski definition) is 2. The molecule has 3 N–H and O–H groups in total. The van der Waals surface area contributed by atoms with Crippen molar-refractivity contribution >= 4 is 33.0 Å². The van der Waals surface area contributed by atoms with Crippen molar-refractivity contribution in [2.24, 2.45) is 5.84 Å². The predicted octanol–water partition coefficient (Wildman–Crippen LogP) is 4.44. The molecule has 21 heavy (non-hydrogen) atoms. The Hall–Kier alpha value is -1.46. The third kappa shape index (κ3) is 2.94. The van der Waals surface area contributed by atoms with Crippen LogP contribution in [-0.4, -0.2) is 0 Å². The fraction of sp³-hybridized carbons (Fsp3) is 0.125. The van der Waals surface area contributed by atoms with E-state index in [4.69, 9.17) is 17.4 Å². The number of nitrogens with one attached hydrogen (secondary N) is 1. The molecule has 0 radical (unpaired) electrons. The lowest BCUT2D eigenvalue weighted by molar-refractivity contribution is 0.553. The van der Waals surface area contributed by atoms with E-state index < -0.39 is 5.82 Å². The third-order valence-corrected chi connectivity index (χ3v) is 4.80. The first kappa shape index (κ1) is 14.5. The number of thiophene rings is 1. The Labute approximate surface area is 131 Å². The van der Waals surface area contributed by atoms with Gasteiger partial charge in [0.25, 0.3) is 0 Å². The van der Waals surface area contributed by atoms with Crippen molar-refractivity contribution in [2.45, 2.75) is 12.5 Å². The van der Waals surface area contributed by atoms with Gasteiger partial charge >= 0.3 is 0 Å². The zero-order valence-corrected chi connectivity index (χ0v) is 12.7. The van der Waals surface area contributed by atoms with Gasteiger partial charge in [0.05, 0.1) is 11.1 Å². The van der Waals surface area contributed by atoms with Gasteiger partial charge in [0.15, 0.2) is 0 Å². The molecule has 0 saturated heterocycles. The highest BCUT2D eigenvalue weighted by Gasteiger charge is 2.15. The molecular formula is C16H14ClFN2S. The highest BCUT2D eigenvalue weighted by atomic mass is 35.5. The molecule has 0 bridgehead atoms. The van der Waals surface area contributed by atoms with E-state index in [1.807, 2.05) is 18.2 Å². The minimum Gasteiger partial charge on any atom is -0.271 e. The van der Waals surface area contributed by atoms with Crippen molar-refractivity contribution in [3.8, 4) is 0 Å². The second-order valence-corrected chi connectivity index (χ2v) is 6.18. The van der Waals surface area contributed by atoms with E-state index in [-0.39, 0.29) is 11.1 Å². The largest absolute Gasteiger partial charge is 0.271 e. The average molecular weight is 321 g/mol. The van der Waals surface area contributed by atoms with Gasteiger partial charge < -0.3 is 0 Å². The van der Waals surface area contributed by atoms with Gasteiger partial charge in [0.1, 0.15) is 5.82 Å². The van der Waals surface area contributed by atoms with E-state index >= 15 is 0 Å². The average Bonchev–Trinajstić information content (AvgIpc) is 2.92. The lowest BCUT2D eigenvalue weighted by Gasteiger charge is -2.16. The second-order valence-electron chi connectivity index (χ2n) is 4.86. The Morgan fingerprint density at radius 3 is 2.81 bits per heavy atom. The molecule has 0 amide bonds. The van der Waals surface area contributed by atoms with Crippen molar-refractivity contribution in [3.05, 3.63) is 69.8 Å². The van der Waals surface area contributed by atoms with Crippen molar-refractivity contribution in [3.63, 3.8) is 0 Å². The highest BCUT2D eigenvalue weighted by Crippen LogP contribution is 2.31. The first-order chi connectivity index (χ1) is 10.2. The molecule has 0 aliphatic carbocycles. The van der Waals surface area contributed by atoms with Crippen molar-refractivity contribution in [1.29, 1.82) is 0 Å². The SMILES string of the molecule is NNC(Cc1ccc(Cl)c(F)c1)c1csc2ccccc12. The first-order valence-corrected chi connectivity index (χ1v) is 7.81. The molecule has 1 heterocycles. The third-order valence-electron chi connectivity index (χ3n) is 3.51. The van der Waals surface area contributed by atoms with Crippen LogP contribution in [0.3, 0.4) is 0 Å². The molecule has 1 aromatic heterocycles. The minimum absolute atomic E-state index is 0.0678. The number of nitrogens with two attached hydrogens (primary N) is 1. The van der Waals surface area contributed by atoms with Gasteiger partial charge in [-0.1, -0.05) is 35.9 Å². The quantitative estimate of drug-likeness (QED) is 0.551. The standard InChI is InChI=1S/C16H14ClFN2S/c17-13-6-5-10(7-14(13)18)8-15(20-19)12-9-21-16-4-2-1-3-11(12)16/h1-7,9,15,20H,8,19H2. The van der Waals surface area contributed by atoms with Crippen LogP contribution in [0.25, 0.3) is 10.1 Å². The lowest BCUT2D eigenvalue weighted by Crippen LogP contribution is -2.29. The monoisotopic (exact) mass is 320 g/mol. The summed E-state index contributed by atoms with van der Waals surface area (Å²) in [7, 11) is 0. The predicted molar refractivity (Wildman–Crippen MR) is 87.0 cm³/mol. The van der Waals surface area contributed by atoms with Crippen LogP contribution in [0.1, 0.15) is 17.2 Å². The molecule has 108 valence electrons. The molecular weight excluding hydrogens is 307 g/mol. The van der Waals surface area contributed by atoms with Crippen LogP contribution in [0.4, 0.5) is 4.39 Å². The van der Waals surface area contributed by atoms with Crippen molar-refractivity contribution < 1.29 is 4.39 Å².